The second kappa shape index (κ2) is 16.9. The smallest absolute Gasteiger partial charge is 0.214 e. The first-order valence-electron chi connectivity index (χ1n) is 25.2. The van der Waals surface area contributed by atoms with Gasteiger partial charge in [0.2, 0.25) is 5.69 Å². The molecule has 0 saturated carbocycles. The van der Waals surface area contributed by atoms with Gasteiger partial charge in [0.15, 0.2) is 0 Å². The molecule has 8 heteroatoms. The van der Waals surface area contributed by atoms with Crippen molar-refractivity contribution in [3.05, 3.63) is 260 Å². The lowest BCUT2D eigenvalue weighted by Crippen LogP contribution is -2.09. The van der Waals surface area contributed by atoms with Crippen molar-refractivity contribution in [3.63, 3.8) is 0 Å². The van der Waals surface area contributed by atoms with Gasteiger partial charge in [-0.25, -0.2) is 4.85 Å². The van der Waals surface area contributed by atoms with Crippen molar-refractivity contribution in [1.29, 1.82) is 5.26 Å². The minimum atomic E-state index is 0.326. The standard InChI is InChI=1S/C68H40N6O2/c1-70-57-41-50(73-58-34-30-48(71(44-18-6-2-7-19-44)45-20-8-3-9-21-45)39-55(58)64-60(73)36-32-53-51-26-14-16-28-62(51)75-67(53)64)38-43(42-69)66(57)74-59-35-31-49(72(46-22-10-4-11-23-46)47-24-12-5-13-25-47)40-56(59)65-61(74)37-33-54-52-27-15-17-29-63(52)76-68(54)65/h2-41H. The van der Waals surface area contributed by atoms with Crippen LogP contribution in [0, 0.1) is 17.9 Å². The lowest BCUT2D eigenvalue weighted by Gasteiger charge is -2.25. The fraction of sp³-hybridized carbons (Fsp3) is 0. The maximum atomic E-state index is 11.5. The molecule has 8 nitrogen and oxygen atoms in total. The molecule has 0 amide bonds. The summed E-state index contributed by atoms with van der Waals surface area (Å²) in [5.41, 5.74) is 14.4. The lowest BCUT2D eigenvalue weighted by molar-refractivity contribution is 0.672. The average molecular weight is 973 g/mol. The third-order valence-corrected chi connectivity index (χ3v) is 14.9. The second-order valence-electron chi connectivity index (χ2n) is 19.0. The number of para-hydroxylation sites is 6. The highest BCUT2D eigenvalue weighted by molar-refractivity contribution is 6.26. The predicted octanol–water partition coefficient (Wildman–Crippen LogP) is 19.0. The molecule has 0 fully saturated rings. The van der Waals surface area contributed by atoms with Gasteiger partial charge in [-0.05, 0) is 133 Å². The van der Waals surface area contributed by atoms with Crippen molar-refractivity contribution in [3.8, 4) is 17.4 Å². The van der Waals surface area contributed by atoms with Gasteiger partial charge >= 0.3 is 0 Å². The van der Waals surface area contributed by atoms with Crippen molar-refractivity contribution >= 4 is 127 Å². The molecule has 0 atom stereocenters. The summed E-state index contributed by atoms with van der Waals surface area (Å²) in [4.78, 5) is 8.80. The number of aromatic nitrogens is 2. The summed E-state index contributed by atoms with van der Waals surface area (Å²) in [5, 5.41) is 19.2. The van der Waals surface area contributed by atoms with E-state index in [0.29, 0.717) is 22.6 Å². The Labute approximate surface area is 435 Å². The third-order valence-electron chi connectivity index (χ3n) is 14.9. The molecule has 0 spiro atoms. The molecule has 0 N–H and O–H groups in total. The molecule has 15 rings (SSSR count). The first-order valence-corrected chi connectivity index (χ1v) is 25.2. The minimum absolute atomic E-state index is 0.326. The Kier molecular flexibility index (Phi) is 9.52. The number of furan rings is 2. The molecule has 0 saturated heterocycles. The van der Waals surface area contributed by atoms with E-state index >= 15 is 0 Å². The molecule has 15 aromatic rings. The van der Waals surface area contributed by atoms with Crippen LogP contribution >= 0.6 is 0 Å². The van der Waals surface area contributed by atoms with Crippen molar-refractivity contribution in [2.75, 3.05) is 9.80 Å². The summed E-state index contributed by atoms with van der Waals surface area (Å²) in [7, 11) is 0. The van der Waals surface area contributed by atoms with Crippen molar-refractivity contribution in [2.24, 2.45) is 0 Å². The Morgan fingerprint density at radius 1 is 0.382 bits per heavy atom. The van der Waals surface area contributed by atoms with Crippen LogP contribution in [0.5, 0.6) is 0 Å². The highest BCUT2D eigenvalue weighted by Crippen LogP contribution is 2.48. The lowest BCUT2D eigenvalue weighted by atomic mass is 10.1. The number of rotatable bonds is 8. The Morgan fingerprint density at radius 2 is 0.789 bits per heavy atom. The molecule has 0 bridgehead atoms. The predicted molar refractivity (Wildman–Crippen MR) is 310 cm³/mol. The van der Waals surface area contributed by atoms with Gasteiger partial charge in [-0.15, -0.1) is 0 Å². The zero-order chi connectivity index (χ0) is 50.4. The van der Waals surface area contributed by atoms with Gasteiger partial charge in [-0.3, -0.25) is 0 Å². The van der Waals surface area contributed by atoms with Crippen LogP contribution in [-0.2, 0) is 0 Å². The van der Waals surface area contributed by atoms with Crippen molar-refractivity contribution in [1.82, 2.24) is 9.13 Å². The van der Waals surface area contributed by atoms with E-state index in [1.165, 1.54) is 0 Å². The largest absolute Gasteiger partial charge is 0.455 e. The molecule has 354 valence electrons. The summed E-state index contributed by atoms with van der Waals surface area (Å²) >= 11 is 0. The molecular weight excluding hydrogens is 933 g/mol. The minimum Gasteiger partial charge on any atom is -0.455 e. The van der Waals surface area contributed by atoms with Gasteiger partial charge in [0, 0.05) is 72.1 Å². The molecule has 76 heavy (non-hydrogen) atoms. The second-order valence-corrected chi connectivity index (χ2v) is 19.0. The number of fused-ring (bicyclic) bond motifs is 14. The van der Waals surface area contributed by atoms with Crippen LogP contribution in [0.25, 0.3) is 104 Å². The number of benzene rings is 11. The average Bonchev–Trinajstić information content (AvgIpc) is 4.26. The number of hydrogen-bond donors (Lipinski definition) is 0. The van der Waals surface area contributed by atoms with E-state index in [1.807, 2.05) is 97.1 Å². The van der Waals surface area contributed by atoms with Crippen LogP contribution in [0.1, 0.15) is 5.56 Å². The molecule has 11 aromatic carbocycles. The van der Waals surface area contributed by atoms with E-state index in [0.717, 1.165) is 122 Å². The number of anilines is 6. The van der Waals surface area contributed by atoms with Crippen LogP contribution in [0.2, 0.25) is 0 Å². The number of hydrogen-bond acceptors (Lipinski definition) is 5. The summed E-state index contributed by atoms with van der Waals surface area (Å²) in [6.07, 6.45) is 0. The Balaban J connectivity index is 0.991. The maximum Gasteiger partial charge on any atom is 0.214 e. The van der Waals surface area contributed by atoms with Gasteiger partial charge < -0.3 is 27.8 Å². The molecule has 0 aliphatic rings. The van der Waals surface area contributed by atoms with E-state index in [1.54, 1.807) is 0 Å². The zero-order valence-electron chi connectivity index (χ0n) is 40.6. The summed E-state index contributed by atoms with van der Waals surface area (Å²) in [6, 6.07) is 85.6. The molecule has 0 radical (unpaired) electrons. The number of nitriles is 1. The normalized spacial score (nSPS) is 11.7. The third kappa shape index (κ3) is 6.42. The molecule has 0 unspecified atom stereocenters. The highest BCUT2D eigenvalue weighted by Gasteiger charge is 2.27. The van der Waals surface area contributed by atoms with Gasteiger partial charge in [-0.2, -0.15) is 5.26 Å². The van der Waals surface area contributed by atoms with Gasteiger partial charge in [0.25, 0.3) is 0 Å². The van der Waals surface area contributed by atoms with Crippen LogP contribution < -0.4 is 9.80 Å². The van der Waals surface area contributed by atoms with Crippen LogP contribution in [0.3, 0.4) is 0 Å². The molecule has 4 aromatic heterocycles. The van der Waals surface area contributed by atoms with Crippen LogP contribution in [0.15, 0.2) is 251 Å². The number of nitrogens with zero attached hydrogens (tertiary/aromatic N) is 6. The van der Waals surface area contributed by atoms with Crippen LogP contribution in [0.4, 0.5) is 39.8 Å². The topological polar surface area (TPSA) is 70.8 Å². The van der Waals surface area contributed by atoms with E-state index < -0.39 is 0 Å². The van der Waals surface area contributed by atoms with Crippen molar-refractivity contribution < 1.29 is 8.83 Å². The van der Waals surface area contributed by atoms with E-state index in [9.17, 15) is 5.26 Å². The van der Waals surface area contributed by atoms with Gasteiger partial charge in [0.05, 0.1) is 50.7 Å². The SMILES string of the molecule is [C-]#[N+]c1cc(-n2c3ccc(N(c4ccccc4)c4ccccc4)cc3c3c4oc5ccccc5c4ccc32)cc(C#N)c1-n1c2ccc(N(c3ccccc3)c3ccccc3)cc2c2c3oc4ccccc4c3ccc21. The fourth-order valence-corrected chi connectivity index (χ4v) is 11.7. The molecular formula is C68H40N6O2. The maximum absolute atomic E-state index is 11.5. The van der Waals surface area contributed by atoms with Crippen LogP contribution in [-0.4, -0.2) is 9.13 Å². The first kappa shape index (κ1) is 42.8. The Hall–Kier alpha value is -10.8. The summed E-state index contributed by atoms with van der Waals surface area (Å²) in [6.45, 7) is 8.96. The fourth-order valence-electron chi connectivity index (χ4n) is 11.7. The molecule has 0 aliphatic carbocycles. The summed E-state index contributed by atoms with van der Waals surface area (Å²) < 4.78 is 17.9. The molecule has 4 heterocycles. The van der Waals surface area contributed by atoms with Crippen molar-refractivity contribution in [2.45, 2.75) is 0 Å². The monoisotopic (exact) mass is 972 g/mol. The van der Waals surface area contributed by atoms with Gasteiger partial charge in [-0.1, -0.05) is 109 Å². The summed E-state index contributed by atoms with van der Waals surface area (Å²) in [5.74, 6) is 0. The van der Waals surface area contributed by atoms with E-state index in [-0.39, 0.29) is 0 Å². The Morgan fingerprint density at radius 3 is 1.24 bits per heavy atom. The van der Waals surface area contributed by atoms with E-state index in [2.05, 4.69) is 175 Å². The quantitative estimate of drug-likeness (QED) is 0.142. The Bertz CT molecular complexity index is 4790. The zero-order valence-corrected chi connectivity index (χ0v) is 40.6. The van der Waals surface area contributed by atoms with Gasteiger partial charge in [0.1, 0.15) is 28.4 Å². The first-order chi connectivity index (χ1) is 37.6. The van der Waals surface area contributed by atoms with E-state index in [4.69, 9.17) is 15.4 Å². The highest BCUT2D eigenvalue weighted by atomic mass is 16.3. The molecule has 0 aliphatic heterocycles.